The van der Waals surface area contributed by atoms with E-state index in [0.29, 0.717) is 22.4 Å². The first-order chi connectivity index (χ1) is 8.99. The van der Waals surface area contributed by atoms with Gasteiger partial charge in [-0.3, -0.25) is 4.79 Å². The summed E-state index contributed by atoms with van der Waals surface area (Å²) < 4.78 is 0. The van der Waals surface area contributed by atoms with Crippen LogP contribution in [0.4, 0.5) is 5.69 Å². The maximum Gasteiger partial charge on any atom is 0.230 e. The quantitative estimate of drug-likeness (QED) is 0.754. The molecular formula is C14H23N3OS. The molecule has 1 atom stereocenters. The van der Waals surface area contributed by atoms with Gasteiger partial charge in [-0.1, -0.05) is 25.6 Å². The van der Waals surface area contributed by atoms with Crippen molar-refractivity contribution in [1.82, 2.24) is 10.3 Å². The van der Waals surface area contributed by atoms with Crippen LogP contribution in [0.1, 0.15) is 33.6 Å². The van der Waals surface area contributed by atoms with Gasteiger partial charge in [0.15, 0.2) is 0 Å². The van der Waals surface area contributed by atoms with Crippen LogP contribution >= 0.6 is 11.8 Å². The van der Waals surface area contributed by atoms with Gasteiger partial charge in [0.05, 0.1) is 11.4 Å². The fourth-order valence-electron chi connectivity index (χ4n) is 1.63. The zero-order chi connectivity index (χ0) is 14.3. The molecule has 4 nitrogen and oxygen atoms in total. The van der Waals surface area contributed by atoms with Crippen molar-refractivity contribution in [3.63, 3.8) is 0 Å². The molecule has 0 radical (unpaired) electrons. The van der Waals surface area contributed by atoms with Gasteiger partial charge in [0, 0.05) is 12.2 Å². The van der Waals surface area contributed by atoms with Crippen molar-refractivity contribution in [2.24, 2.45) is 5.92 Å². The van der Waals surface area contributed by atoms with E-state index in [9.17, 15) is 4.79 Å². The number of nitrogen functional groups attached to an aromatic ring is 1. The molecule has 19 heavy (non-hydrogen) atoms. The molecule has 0 aliphatic heterocycles. The molecule has 106 valence electrons. The third-order valence-corrected chi connectivity index (χ3v) is 3.75. The molecule has 1 aromatic rings. The van der Waals surface area contributed by atoms with Gasteiger partial charge >= 0.3 is 0 Å². The van der Waals surface area contributed by atoms with Crippen molar-refractivity contribution in [3.8, 4) is 0 Å². The lowest BCUT2D eigenvalue weighted by atomic mass is 10.0. The largest absolute Gasteiger partial charge is 0.397 e. The zero-order valence-corrected chi connectivity index (χ0v) is 12.7. The van der Waals surface area contributed by atoms with Crippen molar-refractivity contribution in [3.05, 3.63) is 18.3 Å². The molecule has 1 rings (SSSR count). The number of nitrogens with zero attached hydrogens (tertiary/aromatic N) is 1. The van der Waals surface area contributed by atoms with E-state index < -0.39 is 0 Å². The van der Waals surface area contributed by atoms with Crippen LogP contribution in [-0.2, 0) is 4.79 Å². The fourth-order valence-corrected chi connectivity index (χ4v) is 2.35. The van der Waals surface area contributed by atoms with Crippen molar-refractivity contribution in [2.75, 3.05) is 11.5 Å². The summed E-state index contributed by atoms with van der Waals surface area (Å²) in [6.45, 7) is 6.42. The second-order valence-corrected chi connectivity index (χ2v) is 6.09. The number of hydrogen-bond donors (Lipinski definition) is 2. The monoisotopic (exact) mass is 281 g/mol. The van der Waals surface area contributed by atoms with Crippen molar-refractivity contribution in [2.45, 2.75) is 44.7 Å². The average Bonchev–Trinajstić information content (AvgIpc) is 2.35. The van der Waals surface area contributed by atoms with Gasteiger partial charge in [-0.25, -0.2) is 4.98 Å². The number of carbonyl (C=O) groups excluding carboxylic acids is 1. The Hall–Kier alpha value is -1.23. The number of hydrogen-bond acceptors (Lipinski definition) is 4. The summed E-state index contributed by atoms with van der Waals surface area (Å²) in [5.74, 6) is 1.06. The zero-order valence-electron chi connectivity index (χ0n) is 11.8. The van der Waals surface area contributed by atoms with Gasteiger partial charge < -0.3 is 11.1 Å². The van der Waals surface area contributed by atoms with E-state index in [0.717, 1.165) is 12.8 Å². The van der Waals surface area contributed by atoms with Crippen LogP contribution in [-0.4, -0.2) is 22.7 Å². The third-order valence-electron chi connectivity index (χ3n) is 2.72. The number of carbonyl (C=O) groups is 1. The van der Waals surface area contributed by atoms with E-state index in [-0.39, 0.29) is 11.9 Å². The molecule has 1 aromatic heterocycles. The van der Waals surface area contributed by atoms with E-state index in [2.05, 4.69) is 24.1 Å². The van der Waals surface area contributed by atoms with Gasteiger partial charge in [0.1, 0.15) is 5.03 Å². The Morgan fingerprint density at radius 3 is 2.79 bits per heavy atom. The normalized spacial score (nSPS) is 12.4. The van der Waals surface area contributed by atoms with E-state index >= 15 is 0 Å². The van der Waals surface area contributed by atoms with Crippen LogP contribution in [0.25, 0.3) is 0 Å². The van der Waals surface area contributed by atoms with Crippen LogP contribution < -0.4 is 11.1 Å². The molecule has 1 heterocycles. The molecule has 0 saturated carbocycles. The Labute approximate surface area is 119 Å². The predicted octanol–water partition coefficient (Wildman–Crippen LogP) is 2.70. The number of rotatable bonds is 7. The molecule has 0 bridgehead atoms. The number of amides is 1. The van der Waals surface area contributed by atoms with Gasteiger partial charge in [0.2, 0.25) is 5.91 Å². The van der Waals surface area contributed by atoms with Gasteiger partial charge in [-0.15, -0.1) is 0 Å². The van der Waals surface area contributed by atoms with Crippen molar-refractivity contribution >= 4 is 23.4 Å². The minimum absolute atomic E-state index is 0.0336. The lowest BCUT2D eigenvalue weighted by Gasteiger charge is -2.15. The number of nitrogens with one attached hydrogen (secondary N) is 1. The summed E-state index contributed by atoms with van der Waals surface area (Å²) in [5.41, 5.74) is 6.39. The van der Waals surface area contributed by atoms with Crippen molar-refractivity contribution in [1.29, 1.82) is 0 Å². The summed E-state index contributed by atoms with van der Waals surface area (Å²) in [6, 6.07) is 3.79. The summed E-state index contributed by atoms with van der Waals surface area (Å²) >= 11 is 1.37. The third kappa shape index (κ3) is 6.47. The molecule has 0 spiro atoms. The Bertz CT molecular complexity index is 409. The minimum Gasteiger partial charge on any atom is -0.397 e. The fraction of sp³-hybridized carbons (Fsp3) is 0.571. The molecule has 0 fully saturated rings. The van der Waals surface area contributed by atoms with Gasteiger partial charge in [0.25, 0.3) is 0 Å². The lowest BCUT2D eigenvalue weighted by molar-refractivity contribution is -0.119. The highest BCUT2D eigenvalue weighted by Gasteiger charge is 2.10. The number of anilines is 1. The number of nitrogens with two attached hydrogens (primary N) is 1. The molecule has 0 aliphatic carbocycles. The summed E-state index contributed by atoms with van der Waals surface area (Å²) in [5, 5.41) is 3.71. The lowest BCUT2D eigenvalue weighted by Crippen LogP contribution is -2.34. The van der Waals surface area contributed by atoms with Crippen LogP contribution in [0.3, 0.4) is 0 Å². The van der Waals surface area contributed by atoms with Gasteiger partial charge in [-0.05, 0) is 37.8 Å². The summed E-state index contributed by atoms with van der Waals surface area (Å²) in [6.07, 6.45) is 3.82. The molecule has 5 heteroatoms. The highest BCUT2D eigenvalue weighted by Crippen LogP contribution is 2.21. The Morgan fingerprint density at radius 1 is 1.42 bits per heavy atom. The van der Waals surface area contributed by atoms with Crippen LogP contribution in [0.15, 0.2) is 23.4 Å². The first-order valence-electron chi connectivity index (χ1n) is 6.61. The number of aromatic nitrogens is 1. The standard InChI is InChI=1S/C14H23N3OS/c1-10(2)6-7-11(3)17-13(18)9-19-14-12(15)5-4-8-16-14/h4-5,8,10-11H,6-7,9,15H2,1-3H3,(H,17,18). The van der Waals surface area contributed by atoms with Gasteiger partial charge in [-0.2, -0.15) is 0 Å². The Morgan fingerprint density at radius 2 is 2.16 bits per heavy atom. The topological polar surface area (TPSA) is 68.0 Å². The first kappa shape index (κ1) is 15.8. The SMILES string of the molecule is CC(C)CCC(C)NC(=O)CSc1ncccc1N. The van der Waals surface area contributed by atoms with Crippen LogP contribution in [0.2, 0.25) is 0 Å². The van der Waals surface area contributed by atoms with E-state index in [1.54, 1.807) is 18.3 Å². The smallest absolute Gasteiger partial charge is 0.230 e. The summed E-state index contributed by atoms with van der Waals surface area (Å²) in [4.78, 5) is 15.9. The second-order valence-electron chi connectivity index (χ2n) is 5.13. The highest BCUT2D eigenvalue weighted by atomic mass is 32.2. The molecule has 0 saturated heterocycles. The second kappa shape index (κ2) is 8.04. The molecule has 3 N–H and O–H groups in total. The van der Waals surface area contributed by atoms with Crippen LogP contribution in [0.5, 0.6) is 0 Å². The minimum atomic E-state index is 0.0336. The summed E-state index contributed by atoms with van der Waals surface area (Å²) in [7, 11) is 0. The number of pyridine rings is 1. The average molecular weight is 281 g/mol. The van der Waals surface area contributed by atoms with Crippen molar-refractivity contribution < 1.29 is 4.79 Å². The molecule has 0 aliphatic rings. The molecular weight excluding hydrogens is 258 g/mol. The predicted molar refractivity (Wildman–Crippen MR) is 81.1 cm³/mol. The first-order valence-corrected chi connectivity index (χ1v) is 7.60. The maximum absolute atomic E-state index is 11.8. The van der Waals surface area contributed by atoms with Crippen LogP contribution in [0, 0.1) is 5.92 Å². The number of thioether (sulfide) groups is 1. The van der Waals surface area contributed by atoms with E-state index in [4.69, 9.17) is 5.73 Å². The molecule has 0 aromatic carbocycles. The maximum atomic E-state index is 11.8. The van der Waals surface area contributed by atoms with E-state index in [1.807, 2.05) is 6.92 Å². The Kier molecular flexibility index (Phi) is 6.70. The molecule has 1 unspecified atom stereocenters. The molecule has 1 amide bonds. The highest BCUT2D eigenvalue weighted by molar-refractivity contribution is 8.00. The van der Waals surface area contributed by atoms with E-state index in [1.165, 1.54) is 11.8 Å². The Balaban J connectivity index is 2.30.